The van der Waals surface area contributed by atoms with Gasteiger partial charge in [-0.05, 0) is 31.5 Å². The van der Waals surface area contributed by atoms with Crippen molar-refractivity contribution < 1.29 is 9.53 Å². The highest BCUT2D eigenvalue weighted by molar-refractivity contribution is 7.09. The Morgan fingerprint density at radius 2 is 2.12 bits per heavy atom. The largest absolute Gasteiger partial charge is 0.486 e. The van der Waals surface area contributed by atoms with E-state index in [1.54, 1.807) is 17.4 Å². The molecule has 1 unspecified atom stereocenters. The van der Waals surface area contributed by atoms with Gasteiger partial charge in [0.05, 0.1) is 12.2 Å². The number of hydrogen-bond acceptors (Lipinski definition) is 4. The standard InChI is InChI=1S/C19H25ClN2O2S/c1-5-14(4)22(19(23)13(2)3)10-16-12-25-18(21-16)11-24-17-8-6-7-15(20)9-17/h6-9,12-14H,5,10-11H2,1-4H3. The minimum absolute atomic E-state index is 0.0155. The van der Waals surface area contributed by atoms with Crippen LogP contribution < -0.4 is 4.74 Å². The lowest BCUT2D eigenvalue weighted by Gasteiger charge is -2.29. The van der Waals surface area contributed by atoms with Crippen LogP contribution in [0, 0.1) is 5.92 Å². The Balaban J connectivity index is 2.00. The quantitative estimate of drug-likeness (QED) is 0.635. The van der Waals surface area contributed by atoms with Crippen molar-refractivity contribution in [3.8, 4) is 5.75 Å². The molecule has 136 valence electrons. The molecule has 2 aromatic rings. The first-order chi connectivity index (χ1) is 11.9. The molecular formula is C19H25ClN2O2S. The summed E-state index contributed by atoms with van der Waals surface area (Å²) in [4.78, 5) is 19.0. The number of benzene rings is 1. The van der Waals surface area contributed by atoms with Crippen molar-refractivity contribution in [2.45, 2.75) is 53.3 Å². The van der Waals surface area contributed by atoms with E-state index in [0.29, 0.717) is 18.2 Å². The highest BCUT2D eigenvalue weighted by atomic mass is 35.5. The molecule has 0 N–H and O–H groups in total. The molecular weight excluding hydrogens is 356 g/mol. The number of halogens is 1. The second kappa shape index (κ2) is 9.20. The Kier molecular flexibility index (Phi) is 7.26. The fraction of sp³-hybridized carbons (Fsp3) is 0.474. The van der Waals surface area contributed by atoms with Crippen molar-refractivity contribution in [2.75, 3.05) is 0 Å². The van der Waals surface area contributed by atoms with Gasteiger partial charge in [0.1, 0.15) is 17.4 Å². The number of rotatable bonds is 8. The van der Waals surface area contributed by atoms with Gasteiger partial charge in [0.25, 0.3) is 0 Å². The van der Waals surface area contributed by atoms with Crippen LogP contribution in [0.1, 0.15) is 44.8 Å². The number of carbonyl (C=O) groups excluding carboxylic acids is 1. The van der Waals surface area contributed by atoms with Gasteiger partial charge >= 0.3 is 0 Å². The predicted molar refractivity (Wildman–Crippen MR) is 103 cm³/mol. The summed E-state index contributed by atoms with van der Waals surface area (Å²) in [6, 6.07) is 7.51. The van der Waals surface area contributed by atoms with E-state index in [-0.39, 0.29) is 17.9 Å². The van der Waals surface area contributed by atoms with Crippen molar-refractivity contribution in [1.29, 1.82) is 0 Å². The molecule has 0 aliphatic carbocycles. The Morgan fingerprint density at radius 1 is 1.36 bits per heavy atom. The zero-order chi connectivity index (χ0) is 18.4. The van der Waals surface area contributed by atoms with Crippen LogP contribution in [0.3, 0.4) is 0 Å². The van der Waals surface area contributed by atoms with Crippen molar-refractivity contribution in [2.24, 2.45) is 5.92 Å². The van der Waals surface area contributed by atoms with Gasteiger partial charge in [0.15, 0.2) is 0 Å². The van der Waals surface area contributed by atoms with Gasteiger partial charge in [0.2, 0.25) is 5.91 Å². The first-order valence-corrected chi connectivity index (χ1v) is 9.78. The Morgan fingerprint density at radius 3 is 2.76 bits per heavy atom. The fourth-order valence-electron chi connectivity index (χ4n) is 2.37. The molecule has 1 heterocycles. The summed E-state index contributed by atoms with van der Waals surface area (Å²) in [5.74, 6) is 0.873. The molecule has 1 atom stereocenters. The number of thiazole rings is 1. The molecule has 1 aromatic carbocycles. The molecule has 0 spiro atoms. The van der Waals surface area contributed by atoms with Crippen LogP contribution in [0.4, 0.5) is 0 Å². The number of ether oxygens (including phenoxy) is 1. The molecule has 6 heteroatoms. The lowest BCUT2D eigenvalue weighted by Crippen LogP contribution is -2.40. The zero-order valence-corrected chi connectivity index (χ0v) is 16.7. The predicted octanol–water partition coefficient (Wildman–Crippen LogP) is 5.16. The Hall–Kier alpha value is -1.59. The maximum atomic E-state index is 12.5. The average molecular weight is 381 g/mol. The maximum absolute atomic E-state index is 12.5. The van der Waals surface area contributed by atoms with E-state index in [1.807, 2.05) is 42.3 Å². The maximum Gasteiger partial charge on any atom is 0.225 e. The average Bonchev–Trinajstić information content (AvgIpc) is 3.04. The smallest absolute Gasteiger partial charge is 0.225 e. The van der Waals surface area contributed by atoms with Crippen LogP contribution in [-0.2, 0) is 17.9 Å². The molecule has 0 aliphatic heterocycles. The monoisotopic (exact) mass is 380 g/mol. The third-order valence-electron chi connectivity index (χ3n) is 3.99. The molecule has 4 nitrogen and oxygen atoms in total. The number of carbonyl (C=O) groups is 1. The van der Waals surface area contributed by atoms with Crippen LogP contribution in [0.2, 0.25) is 5.02 Å². The molecule has 25 heavy (non-hydrogen) atoms. The number of hydrogen-bond donors (Lipinski definition) is 0. The van der Waals surface area contributed by atoms with Crippen LogP contribution in [0.5, 0.6) is 5.75 Å². The van der Waals surface area contributed by atoms with Gasteiger partial charge < -0.3 is 9.64 Å². The van der Waals surface area contributed by atoms with Gasteiger partial charge in [-0.2, -0.15) is 0 Å². The van der Waals surface area contributed by atoms with E-state index in [1.165, 1.54) is 0 Å². The molecule has 0 saturated carbocycles. The number of amides is 1. The van der Waals surface area contributed by atoms with Crippen molar-refractivity contribution in [3.05, 3.63) is 45.4 Å². The van der Waals surface area contributed by atoms with Gasteiger partial charge in [0, 0.05) is 22.4 Å². The summed E-state index contributed by atoms with van der Waals surface area (Å²) in [5.41, 5.74) is 0.906. The second-order valence-electron chi connectivity index (χ2n) is 6.36. The summed E-state index contributed by atoms with van der Waals surface area (Å²) in [6.07, 6.45) is 0.924. The van der Waals surface area contributed by atoms with Gasteiger partial charge in [-0.1, -0.05) is 38.4 Å². The van der Waals surface area contributed by atoms with Crippen molar-refractivity contribution >= 4 is 28.8 Å². The molecule has 0 aliphatic rings. The first-order valence-electron chi connectivity index (χ1n) is 8.52. The van der Waals surface area contributed by atoms with Crippen molar-refractivity contribution in [3.63, 3.8) is 0 Å². The summed E-state index contributed by atoms with van der Waals surface area (Å²) < 4.78 is 5.73. The normalized spacial score (nSPS) is 12.2. The summed E-state index contributed by atoms with van der Waals surface area (Å²) in [5, 5.41) is 3.53. The number of nitrogens with zero attached hydrogens (tertiary/aromatic N) is 2. The Labute approximate surface area is 158 Å². The van der Waals surface area contributed by atoms with Crippen LogP contribution in [0.25, 0.3) is 0 Å². The van der Waals surface area contributed by atoms with Gasteiger partial charge in [-0.15, -0.1) is 11.3 Å². The minimum Gasteiger partial charge on any atom is -0.486 e. The number of aromatic nitrogens is 1. The highest BCUT2D eigenvalue weighted by Gasteiger charge is 2.22. The van der Waals surface area contributed by atoms with E-state index in [9.17, 15) is 4.79 Å². The molecule has 1 amide bonds. The second-order valence-corrected chi connectivity index (χ2v) is 7.74. The van der Waals surface area contributed by atoms with Gasteiger partial charge in [-0.25, -0.2) is 4.98 Å². The molecule has 0 bridgehead atoms. The first kappa shape index (κ1) is 19.7. The van der Waals surface area contributed by atoms with Crippen LogP contribution >= 0.6 is 22.9 Å². The van der Waals surface area contributed by atoms with E-state index in [4.69, 9.17) is 16.3 Å². The van der Waals surface area contributed by atoms with E-state index >= 15 is 0 Å². The van der Waals surface area contributed by atoms with Crippen LogP contribution in [-0.4, -0.2) is 21.8 Å². The lowest BCUT2D eigenvalue weighted by molar-refractivity contribution is -0.137. The SMILES string of the molecule is CCC(C)N(Cc1csc(COc2cccc(Cl)c2)n1)C(=O)C(C)C. The molecule has 0 saturated heterocycles. The molecule has 0 fully saturated rings. The van der Waals surface area contributed by atoms with Crippen LogP contribution in [0.15, 0.2) is 29.6 Å². The summed E-state index contributed by atoms with van der Waals surface area (Å²) >= 11 is 7.50. The summed E-state index contributed by atoms with van der Waals surface area (Å²) in [6.45, 7) is 8.98. The third-order valence-corrected chi connectivity index (χ3v) is 5.10. The Bertz CT molecular complexity index is 702. The molecule has 0 radical (unpaired) electrons. The fourth-order valence-corrected chi connectivity index (χ4v) is 3.24. The third kappa shape index (κ3) is 5.72. The minimum atomic E-state index is -0.0155. The topological polar surface area (TPSA) is 42.4 Å². The highest BCUT2D eigenvalue weighted by Crippen LogP contribution is 2.21. The summed E-state index contributed by atoms with van der Waals surface area (Å²) in [7, 11) is 0. The van der Waals surface area contributed by atoms with E-state index in [2.05, 4.69) is 18.8 Å². The molecule has 2 rings (SSSR count). The van der Waals surface area contributed by atoms with E-state index < -0.39 is 0 Å². The van der Waals surface area contributed by atoms with Gasteiger partial charge in [-0.3, -0.25) is 4.79 Å². The lowest BCUT2D eigenvalue weighted by atomic mass is 10.1. The molecule has 1 aromatic heterocycles. The van der Waals surface area contributed by atoms with E-state index in [0.717, 1.165) is 22.9 Å². The zero-order valence-electron chi connectivity index (χ0n) is 15.2. The van der Waals surface area contributed by atoms with Crippen molar-refractivity contribution in [1.82, 2.24) is 9.88 Å².